The average Bonchev–Trinajstić information content (AvgIpc) is 2.84. The quantitative estimate of drug-likeness (QED) is 0.812. The molecule has 0 unspecified atom stereocenters. The summed E-state index contributed by atoms with van der Waals surface area (Å²) < 4.78 is 5.49. The van der Waals surface area contributed by atoms with Gasteiger partial charge in [0.25, 0.3) is 0 Å². The predicted octanol–water partition coefficient (Wildman–Crippen LogP) is 2.96. The minimum Gasteiger partial charge on any atom is -0.378 e. The first-order valence-electron chi connectivity index (χ1n) is 7.84. The highest BCUT2D eigenvalue weighted by Gasteiger charge is 2.26. The molecule has 4 nitrogen and oxygen atoms in total. The molecular weight excluding hydrogens is 282 g/mol. The number of thiophene rings is 1. The number of hydrogen-bond donors (Lipinski definition) is 0. The second-order valence-corrected chi connectivity index (χ2v) is 7.31. The van der Waals surface area contributed by atoms with E-state index in [2.05, 4.69) is 11.8 Å². The summed E-state index contributed by atoms with van der Waals surface area (Å²) in [5, 5.41) is 1.33. The summed E-state index contributed by atoms with van der Waals surface area (Å²) >= 11 is 1.89. The molecule has 0 aromatic carbocycles. The molecule has 0 spiro atoms. The van der Waals surface area contributed by atoms with Crippen LogP contribution in [0, 0.1) is 12.8 Å². The summed E-state index contributed by atoms with van der Waals surface area (Å²) in [5.41, 5.74) is 1.52. The fourth-order valence-corrected chi connectivity index (χ4v) is 4.85. The number of anilines is 1. The summed E-state index contributed by atoms with van der Waals surface area (Å²) in [6.45, 7) is 7.83. The summed E-state index contributed by atoms with van der Waals surface area (Å²) in [5.74, 6) is 2.83. The molecule has 3 heterocycles. The third-order valence-corrected chi connectivity index (χ3v) is 5.71. The van der Waals surface area contributed by atoms with Crippen molar-refractivity contribution in [2.45, 2.75) is 33.1 Å². The van der Waals surface area contributed by atoms with E-state index in [1.165, 1.54) is 39.9 Å². The van der Waals surface area contributed by atoms with Crippen molar-refractivity contribution >= 4 is 27.4 Å². The van der Waals surface area contributed by atoms with Gasteiger partial charge in [-0.25, -0.2) is 9.97 Å². The molecule has 112 valence electrons. The maximum atomic E-state index is 5.49. The zero-order valence-corrected chi connectivity index (χ0v) is 13.5. The van der Waals surface area contributed by atoms with E-state index in [0.717, 1.165) is 43.9 Å². The lowest BCUT2D eigenvalue weighted by Gasteiger charge is -2.29. The van der Waals surface area contributed by atoms with Crippen molar-refractivity contribution in [3.8, 4) is 0 Å². The molecule has 1 aliphatic carbocycles. The third kappa shape index (κ3) is 2.32. The molecule has 0 N–H and O–H groups in total. The van der Waals surface area contributed by atoms with E-state index in [-0.39, 0.29) is 0 Å². The smallest absolute Gasteiger partial charge is 0.141 e. The molecule has 5 heteroatoms. The fourth-order valence-electron chi connectivity index (χ4n) is 3.43. The lowest BCUT2D eigenvalue weighted by Crippen LogP contribution is -2.37. The molecule has 2 aromatic heterocycles. The zero-order valence-electron chi connectivity index (χ0n) is 12.7. The number of morpholine rings is 1. The Balaban J connectivity index is 1.88. The highest BCUT2D eigenvalue weighted by molar-refractivity contribution is 7.19. The van der Waals surface area contributed by atoms with Crippen LogP contribution < -0.4 is 4.90 Å². The fraction of sp³-hybridized carbons (Fsp3) is 0.625. The molecule has 1 aliphatic heterocycles. The lowest BCUT2D eigenvalue weighted by molar-refractivity contribution is 0.122. The molecule has 1 fully saturated rings. The largest absolute Gasteiger partial charge is 0.378 e. The van der Waals surface area contributed by atoms with E-state index in [0.29, 0.717) is 0 Å². The standard InChI is InChI=1S/C16H21N3OS/c1-10-3-4-12-13(9-10)21-16-14(12)15(17-11(2)18-16)19-5-7-20-8-6-19/h10H,3-9H2,1-2H3/t10-/m0/s1. The van der Waals surface area contributed by atoms with Crippen LogP contribution in [-0.2, 0) is 17.6 Å². The van der Waals surface area contributed by atoms with Gasteiger partial charge < -0.3 is 9.64 Å². The average molecular weight is 303 g/mol. The number of fused-ring (bicyclic) bond motifs is 3. The Morgan fingerprint density at radius 3 is 2.86 bits per heavy atom. The highest BCUT2D eigenvalue weighted by atomic mass is 32.1. The van der Waals surface area contributed by atoms with Crippen LogP contribution in [0.3, 0.4) is 0 Å². The number of aryl methyl sites for hydroxylation is 2. The maximum Gasteiger partial charge on any atom is 0.141 e. The number of ether oxygens (including phenoxy) is 1. The van der Waals surface area contributed by atoms with Crippen molar-refractivity contribution in [1.82, 2.24) is 9.97 Å². The van der Waals surface area contributed by atoms with Crippen molar-refractivity contribution in [1.29, 1.82) is 0 Å². The van der Waals surface area contributed by atoms with Crippen LogP contribution in [0.1, 0.15) is 29.6 Å². The minimum absolute atomic E-state index is 0.798. The Morgan fingerprint density at radius 1 is 1.24 bits per heavy atom. The Labute approximate surface area is 129 Å². The van der Waals surface area contributed by atoms with Gasteiger partial charge in [-0.05, 0) is 37.7 Å². The summed E-state index contributed by atoms with van der Waals surface area (Å²) in [4.78, 5) is 14.6. The van der Waals surface area contributed by atoms with Crippen molar-refractivity contribution in [3.05, 3.63) is 16.3 Å². The Bertz CT molecular complexity index is 676. The van der Waals surface area contributed by atoms with Gasteiger partial charge in [-0.1, -0.05) is 6.92 Å². The molecule has 21 heavy (non-hydrogen) atoms. The van der Waals surface area contributed by atoms with Gasteiger partial charge in [0.15, 0.2) is 0 Å². The maximum absolute atomic E-state index is 5.49. The third-order valence-electron chi connectivity index (χ3n) is 4.56. The molecular formula is C16H21N3OS. The first-order chi connectivity index (χ1) is 10.2. The van der Waals surface area contributed by atoms with Crippen molar-refractivity contribution in [3.63, 3.8) is 0 Å². The van der Waals surface area contributed by atoms with Crippen LogP contribution in [0.25, 0.3) is 10.2 Å². The van der Waals surface area contributed by atoms with Gasteiger partial charge in [0, 0.05) is 18.0 Å². The van der Waals surface area contributed by atoms with Crippen LogP contribution in [0.4, 0.5) is 5.82 Å². The van der Waals surface area contributed by atoms with Crippen molar-refractivity contribution in [2.75, 3.05) is 31.2 Å². The molecule has 1 atom stereocenters. The van der Waals surface area contributed by atoms with Crippen LogP contribution in [-0.4, -0.2) is 36.3 Å². The second kappa shape index (κ2) is 5.21. The molecule has 2 aromatic rings. The summed E-state index contributed by atoms with van der Waals surface area (Å²) in [6.07, 6.45) is 3.67. The molecule has 0 radical (unpaired) electrons. The number of hydrogen-bond acceptors (Lipinski definition) is 5. The van der Waals surface area contributed by atoms with Crippen LogP contribution in [0.5, 0.6) is 0 Å². The lowest BCUT2D eigenvalue weighted by atomic mass is 9.89. The van der Waals surface area contributed by atoms with Gasteiger partial charge in [0.2, 0.25) is 0 Å². The Kier molecular flexibility index (Phi) is 3.34. The Hall–Kier alpha value is -1.20. The van der Waals surface area contributed by atoms with Gasteiger partial charge >= 0.3 is 0 Å². The molecule has 2 aliphatic rings. The minimum atomic E-state index is 0.798. The highest BCUT2D eigenvalue weighted by Crippen LogP contribution is 2.41. The van der Waals surface area contributed by atoms with E-state index < -0.39 is 0 Å². The number of aromatic nitrogens is 2. The number of rotatable bonds is 1. The number of nitrogens with zero attached hydrogens (tertiary/aromatic N) is 3. The first kappa shape index (κ1) is 13.5. The van der Waals surface area contributed by atoms with E-state index in [4.69, 9.17) is 14.7 Å². The van der Waals surface area contributed by atoms with Gasteiger partial charge in [0.1, 0.15) is 16.5 Å². The molecule has 0 saturated carbocycles. The van der Waals surface area contributed by atoms with Crippen LogP contribution in [0.15, 0.2) is 0 Å². The first-order valence-corrected chi connectivity index (χ1v) is 8.65. The van der Waals surface area contributed by atoms with Gasteiger partial charge in [-0.2, -0.15) is 0 Å². The molecule has 4 rings (SSSR count). The molecule has 1 saturated heterocycles. The van der Waals surface area contributed by atoms with Gasteiger partial charge in [0.05, 0.1) is 18.6 Å². The van der Waals surface area contributed by atoms with Crippen LogP contribution >= 0.6 is 11.3 Å². The van der Waals surface area contributed by atoms with E-state index >= 15 is 0 Å². The van der Waals surface area contributed by atoms with Crippen molar-refractivity contribution in [2.24, 2.45) is 5.92 Å². The monoisotopic (exact) mass is 303 g/mol. The summed E-state index contributed by atoms with van der Waals surface area (Å²) in [6, 6.07) is 0. The van der Waals surface area contributed by atoms with Crippen LogP contribution in [0.2, 0.25) is 0 Å². The molecule has 0 amide bonds. The predicted molar refractivity (Wildman–Crippen MR) is 86.4 cm³/mol. The molecule has 0 bridgehead atoms. The normalized spacial score (nSPS) is 22.6. The SMILES string of the molecule is Cc1nc(N2CCOCC2)c2c3c(sc2n1)C[C@@H](C)CC3. The van der Waals surface area contributed by atoms with E-state index in [1.807, 2.05) is 18.3 Å². The van der Waals surface area contributed by atoms with Gasteiger partial charge in [-0.15, -0.1) is 11.3 Å². The zero-order chi connectivity index (χ0) is 14.4. The second-order valence-electron chi connectivity index (χ2n) is 6.23. The topological polar surface area (TPSA) is 38.2 Å². The van der Waals surface area contributed by atoms with Gasteiger partial charge in [-0.3, -0.25) is 0 Å². The summed E-state index contributed by atoms with van der Waals surface area (Å²) in [7, 11) is 0. The van der Waals surface area contributed by atoms with E-state index in [9.17, 15) is 0 Å². The Morgan fingerprint density at radius 2 is 2.05 bits per heavy atom. The van der Waals surface area contributed by atoms with Crippen molar-refractivity contribution < 1.29 is 4.74 Å². The van der Waals surface area contributed by atoms with E-state index in [1.54, 1.807) is 0 Å².